The minimum atomic E-state index is -0.481. The average molecular weight is 375 g/mol. The van der Waals surface area contributed by atoms with Crippen molar-refractivity contribution in [1.82, 2.24) is 4.90 Å². The lowest BCUT2D eigenvalue weighted by Crippen LogP contribution is -2.27. The van der Waals surface area contributed by atoms with Crippen LogP contribution in [0.2, 0.25) is 0 Å². The van der Waals surface area contributed by atoms with Gasteiger partial charge in [0.2, 0.25) is 0 Å². The van der Waals surface area contributed by atoms with Crippen molar-refractivity contribution in [2.75, 3.05) is 18.5 Å². The fourth-order valence-corrected chi connectivity index (χ4v) is 3.05. The molecule has 0 spiro atoms. The molecule has 0 unspecified atom stereocenters. The van der Waals surface area contributed by atoms with Gasteiger partial charge in [0.05, 0.1) is 12.2 Å². The zero-order valence-electron chi connectivity index (χ0n) is 15.6. The Labute approximate surface area is 164 Å². The molecule has 0 saturated heterocycles. The van der Waals surface area contributed by atoms with E-state index in [1.54, 1.807) is 37.4 Å². The second kappa shape index (κ2) is 8.87. The molecular weight excluding hydrogens is 354 g/mol. The summed E-state index contributed by atoms with van der Waals surface area (Å²) in [5, 5.41) is 12.1. The fraction of sp³-hybridized carbons (Fsp3) is 0.227. The molecule has 3 rings (SSSR count). The molecule has 0 radical (unpaired) electrons. The molecular formula is C22H21N3O3. The molecule has 1 aliphatic rings. The molecule has 0 aliphatic carbocycles. The maximum absolute atomic E-state index is 12.5. The normalized spacial score (nSPS) is 13.3. The van der Waals surface area contributed by atoms with Gasteiger partial charge in [-0.2, -0.15) is 5.26 Å². The Morgan fingerprint density at radius 2 is 1.89 bits per heavy atom. The lowest BCUT2D eigenvalue weighted by Gasteiger charge is -2.27. The molecule has 0 fully saturated rings. The highest BCUT2D eigenvalue weighted by Crippen LogP contribution is 2.19. The summed E-state index contributed by atoms with van der Waals surface area (Å²) in [6.45, 7) is 3.46. The van der Waals surface area contributed by atoms with Crippen molar-refractivity contribution in [1.29, 1.82) is 5.26 Å². The summed E-state index contributed by atoms with van der Waals surface area (Å²) >= 11 is 0. The average Bonchev–Trinajstić information content (AvgIpc) is 2.72. The summed E-state index contributed by atoms with van der Waals surface area (Å²) < 4.78 is 4.93. The molecule has 0 saturated carbocycles. The first kappa shape index (κ1) is 19.2. The Morgan fingerprint density at radius 3 is 2.57 bits per heavy atom. The Balaban J connectivity index is 1.66. The fourth-order valence-electron chi connectivity index (χ4n) is 3.05. The number of carbonyl (C=O) groups excluding carboxylic acids is 2. The van der Waals surface area contributed by atoms with E-state index >= 15 is 0 Å². The Morgan fingerprint density at radius 1 is 1.18 bits per heavy atom. The number of anilines is 1. The first-order chi connectivity index (χ1) is 13.6. The van der Waals surface area contributed by atoms with Crippen molar-refractivity contribution in [2.24, 2.45) is 0 Å². The van der Waals surface area contributed by atoms with Crippen LogP contribution in [-0.2, 0) is 22.5 Å². The van der Waals surface area contributed by atoms with Crippen LogP contribution in [-0.4, -0.2) is 29.9 Å². The van der Waals surface area contributed by atoms with Gasteiger partial charge in [-0.05, 0) is 48.7 Å². The Kier molecular flexibility index (Phi) is 6.07. The molecule has 28 heavy (non-hydrogen) atoms. The van der Waals surface area contributed by atoms with E-state index in [0.29, 0.717) is 24.4 Å². The van der Waals surface area contributed by atoms with Gasteiger partial charge in [0, 0.05) is 25.0 Å². The number of ether oxygens (including phenoxy) is 1. The summed E-state index contributed by atoms with van der Waals surface area (Å²) in [7, 11) is 0. The first-order valence-corrected chi connectivity index (χ1v) is 9.12. The summed E-state index contributed by atoms with van der Waals surface area (Å²) in [5.41, 5.74) is 3.45. The maximum atomic E-state index is 12.5. The smallest absolute Gasteiger partial charge is 0.338 e. The summed E-state index contributed by atoms with van der Waals surface area (Å²) in [4.78, 5) is 26.1. The number of esters is 1. The van der Waals surface area contributed by atoms with Gasteiger partial charge >= 0.3 is 5.97 Å². The van der Waals surface area contributed by atoms with Gasteiger partial charge in [-0.3, -0.25) is 4.79 Å². The third-order valence-electron chi connectivity index (χ3n) is 4.49. The van der Waals surface area contributed by atoms with Crippen LogP contribution in [0.4, 0.5) is 5.69 Å². The van der Waals surface area contributed by atoms with Gasteiger partial charge < -0.3 is 15.0 Å². The predicted molar refractivity (Wildman–Crippen MR) is 105 cm³/mol. The quantitative estimate of drug-likeness (QED) is 0.493. The Bertz CT molecular complexity index is 942. The highest BCUT2D eigenvalue weighted by molar-refractivity contribution is 6.06. The third kappa shape index (κ3) is 4.57. The van der Waals surface area contributed by atoms with Crippen LogP contribution in [0.3, 0.4) is 0 Å². The van der Waals surface area contributed by atoms with E-state index in [1.165, 1.54) is 11.1 Å². The minimum absolute atomic E-state index is 0.0360. The molecule has 0 aromatic heterocycles. The molecule has 142 valence electrons. The topological polar surface area (TPSA) is 82.4 Å². The number of hydrogen-bond acceptors (Lipinski definition) is 5. The number of nitriles is 1. The van der Waals surface area contributed by atoms with Gasteiger partial charge in [-0.25, -0.2) is 4.79 Å². The molecule has 0 atom stereocenters. The number of fused-ring (bicyclic) bond motifs is 1. The van der Waals surface area contributed by atoms with E-state index in [1.807, 2.05) is 23.1 Å². The SMILES string of the molecule is CCOC(=O)c1ccc(NC(=O)/C(C#N)=C\N2CCc3ccccc3C2)cc1. The molecule has 0 bridgehead atoms. The second-order valence-corrected chi connectivity index (χ2v) is 6.40. The van der Waals surface area contributed by atoms with Gasteiger partial charge in [0.1, 0.15) is 11.6 Å². The molecule has 1 N–H and O–H groups in total. The van der Waals surface area contributed by atoms with Crippen LogP contribution < -0.4 is 5.32 Å². The van der Waals surface area contributed by atoms with Crippen molar-refractivity contribution in [3.63, 3.8) is 0 Å². The number of rotatable bonds is 5. The van der Waals surface area contributed by atoms with Crippen LogP contribution in [0, 0.1) is 11.3 Å². The van der Waals surface area contributed by atoms with E-state index < -0.39 is 11.9 Å². The number of hydrogen-bond donors (Lipinski definition) is 1. The zero-order chi connectivity index (χ0) is 19.9. The predicted octanol–water partition coefficient (Wildman–Crippen LogP) is 3.27. The first-order valence-electron chi connectivity index (χ1n) is 9.12. The van der Waals surface area contributed by atoms with Gasteiger partial charge in [0.15, 0.2) is 0 Å². The highest BCUT2D eigenvalue weighted by atomic mass is 16.5. The second-order valence-electron chi connectivity index (χ2n) is 6.40. The number of amides is 1. The molecule has 6 heteroatoms. The van der Waals surface area contributed by atoms with Crippen molar-refractivity contribution in [3.05, 3.63) is 77.0 Å². The van der Waals surface area contributed by atoms with Crippen molar-refractivity contribution < 1.29 is 14.3 Å². The largest absolute Gasteiger partial charge is 0.462 e. The van der Waals surface area contributed by atoms with Crippen molar-refractivity contribution in [3.8, 4) is 6.07 Å². The zero-order valence-corrected chi connectivity index (χ0v) is 15.6. The van der Waals surface area contributed by atoms with Crippen LogP contribution in [0.25, 0.3) is 0 Å². The number of nitrogens with one attached hydrogen (secondary N) is 1. The van der Waals surface area contributed by atoms with Crippen LogP contribution in [0.1, 0.15) is 28.4 Å². The lowest BCUT2D eigenvalue weighted by atomic mass is 10.0. The molecule has 1 heterocycles. The van der Waals surface area contributed by atoms with Crippen LogP contribution >= 0.6 is 0 Å². The standard InChI is InChI=1S/C22H21N3O3/c1-2-28-22(27)17-7-9-20(10-8-17)24-21(26)19(13-23)15-25-12-11-16-5-3-4-6-18(16)14-25/h3-10,15H,2,11-12,14H2,1H3,(H,24,26)/b19-15-. The van der Waals surface area contributed by atoms with Crippen LogP contribution in [0.5, 0.6) is 0 Å². The van der Waals surface area contributed by atoms with Gasteiger partial charge in [0.25, 0.3) is 5.91 Å². The van der Waals surface area contributed by atoms with Gasteiger partial charge in [-0.1, -0.05) is 24.3 Å². The highest BCUT2D eigenvalue weighted by Gasteiger charge is 2.17. The molecule has 2 aromatic rings. The van der Waals surface area contributed by atoms with E-state index in [-0.39, 0.29) is 5.57 Å². The van der Waals surface area contributed by atoms with Crippen molar-refractivity contribution >= 4 is 17.6 Å². The summed E-state index contributed by atoms with van der Waals surface area (Å²) in [6, 6.07) is 16.5. The summed E-state index contributed by atoms with van der Waals surface area (Å²) in [5.74, 6) is -0.895. The van der Waals surface area contributed by atoms with Crippen molar-refractivity contribution in [2.45, 2.75) is 19.9 Å². The Hall–Kier alpha value is -3.59. The van der Waals surface area contributed by atoms with E-state index in [9.17, 15) is 14.9 Å². The number of nitrogens with zero attached hydrogens (tertiary/aromatic N) is 2. The third-order valence-corrected chi connectivity index (χ3v) is 4.49. The van der Waals surface area contributed by atoms with Crippen LogP contribution in [0.15, 0.2) is 60.3 Å². The van der Waals surface area contributed by atoms with E-state index in [4.69, 9.17) is 4.74 Å². The molecule has 1 amide bonds. The van der Waals surface area contributed by atoms with E-state index in [2.05, 4.69) is 17.4 Å². The van der Waals surface area contributed by atoms with E-state index in [0.717, 1.165) is 13.0 Å². The monoisotopic (exact) mass is 375 g/mol. The number of carbonyl (C=O) groups is 2. The lowest BCUT2D eigenvalue weighted by molar-refractivity contribution is -0.112. The molecule has 2 aromatic carbocycles. The molecule has 1 aliphatic heterocycles. The molecule has 6 nitrogen and oxygen atoms in total. The summed E-state index contributed by atoms with van der Waals surface area (Å²) in [6.07, 6.45) is 2.49. The minimum Gasteiger partial charge on any atom is -0.462 e. The van der Waals surface area contributed by atoms with Gasteiger partial charge in [-0.15, -0.1) is 0 Å². The maximum Gasteiger partial charge on any atom is 0.338 e. The number of benzene rings is 2.